The van der Waals surface area contributed by atoms with Crippen LogP contribution >= 0.6 is 0 Å². The van der Waals surface area contributed by atoms with E-state index in [-0.39, 0.29) is 12.1 Å². The fourth-order valence-electron chi connectivity index (χ4n) is 3.63. The summed E-state index contributed by atoms with van der Waals surface area (Å²) in [5.74, 6) is 0.485. The largest absolute Gasteiger partial charge is 0.443 e. The van der Waals surface area contributed by atoms with Gasteiger partial charge in [-0.1, -0.05) is 26.0 Å². The average Bonchev–Trinajstić information content (AvgIpc) is 3.01. The van der Waals surface area contributed by atoms with Gasteiger partial charge >= 0.3 is 6.09 Å². The Balaban J connectivity index is 2.17. The fourth-order valence-corrected chi connectivity index (χ4v) is 3.63. The predicted molar refractivity (Wildman–Crippen MR) is 121 cm³/mol. The van der Waals surface area contributed by atoms with Gasteiger partial charge in [0.1, 0.15) is 11.3 Å². The van der Waals surface area contributed by atoms with Crippen molar-refractivity contribution in [2.75, 3.05) is 12.4 Å². The molecule has 0 fully saturated rings. The Labute approximate surface area is 177 Å². The molecule has 0 saturated heterocycles. The van der Waals surface area contributed by atoms with Crippen molar-refractivity contribution < 1.29 is 9.53 Å². The smallest absolute Gasteiger partial charge is 0.419 e. The van der Waals surface area contributed by atoms with Gasteiger partial charge < -0.3 is 14.6 Å². The zero-order valence-corrected chi connectivity index (χ0v) is 18.7. The summed E-state index contributed by atoms with van der Waals surface area (Å²) < 4.78 is 8.89. The minimum atomic E-state index is -0.622. The Morgan fingerprint density at radius 3 is 2.53 bits per heavy atom. The number of anilines is 1. The van der Waals surface area contributed by atoms with Gasteiger partial charge in [-0.2, -0.15) is 0 Å². The van der Waals surface area contributed by atoms with E-state index in [0.717, 1.165) is 17.3 Å². The van der Waals surface area contributed by atoms with Crippen LogP contribution in [0.5, 0.6) is 0 Å². The summed E-state index contributed by atoms with van der Waals surface area (Å²) in [6.45, 7) is 10.2. The third-order valence-electron chi connectivity index (χ3n) is 4.84. The Morgan fingerprint density at radius 1 is 1.17 bits per heavy atom. The van der Waals surface area contributed by atoms with Crippen LogP contribution in [0.15, 0.2) is 47.4 Å². The number of carbonyl (C=O) groups is 1. The van der Waals surface area contributed by atoms with Gasteiger partial charge in [0.05, 0.1) is 17.8 Å². The molecule has 3 aromatic rings. The lowest BCUT2D eigenvalue weighted by Crippen LogP contribution is -2.29. The average molecular weight is 410 g/mol. The highest BCUT2D eigenvalue weighted by atomic mass is 16.6. The van der Waals surface area contributed by atoms with Crippen molar-refractivity contribution in [3.05, 3.63) is 64.2 Å². The lowest BCUT2D eigenvalue weighted by atomic mass is 10.00. The topological polar surface area (TPSA) is 65.3 Å². The Bertz CT molecular complexity index is 1120. The number of benzene rings is 1. The molecular formula is C24H31N3O3. The van der Waals surface area contributed by atoms with Crippen LogP contribution in [-0.2, 0) is 17.7 Å². The van der Waals surface area contributed by atoms with E-state index in [2.05, 4.69) is 25.2 Å². The summed E-state index contributed by atoms with van der Waals surface area (Å²) in [5, 5.41) is 3.93. The van der Waals surface area contributed by atoms with Gasteiger partial charge in [0.15, 0.2) is 0 Å². The molecule has 6 nitrogen and oxygen atoms in total. The molecule has 0 aliphatic carbocycles. The van der Waals surface area contributed by atoms with E-state index in [0.29, 0.717) is 17.3 Å². The molecule has 2 aromatic heterocycles. The van der Waals surface area contributed by atoms with Crippen molar-refractivity contribution in [3.8, 4) is 0 Å². The molecular weight excluding hydrogens is 378 g/mol. The molecule has 1 N–H and O–H groups in total. The van der Waals surface area contributed by atoms with Crippen molar-refractivity contribution >= 4 is 22.7 Å². The van der Waals surface area contributed by atoms with Crippen LogP contribution in [-0.4, -0.2) is 27.9 Å². The summed E-state index contributed by atoms with van der Waals surface area (Å²) in [6.07, 6.45) is 2.20. The second kappa shape index (κ2) is 8.38. The number of ether oxygens (including phenoxy) is 1. The quantitative estimate of drug-likeness (QED) is 0.653. The molecule has 160 valence electrons. The summed E-state index contributed by atoms with van der Waals surface area (Å²) in [5.41, 5.74) is 2.45. The molecule has 0 aliphatic rings. The molecule has 6 heteroatoms. The minimum Gasteiger partial charge on any atom is -0.443 e. The highest BCUT2D eigenvalue weighted by Gasteiger charge is 2.23. The number of fused-ring (bicyclic) bond motifs is 1. The molecule has 0 unspecified atom stereocenters. The van der Waals surface area contributed by atoms with Gasteiger partial charge in [-0.3, -0.25) is 4.79 Å². The maximum atomic E-state index is 13.1. The van der Waals surface area contributed by atoms with Crippen molar-refractivity contribution in [3.63, 3.8) is 0 Å². The molecule has 0 spiro atoms. The number of carbonyl (C=O) groups excluding carboxylic acids is 1. The Kier molecular flexibility index (Phi) is 6.06. The van der Waals surface area contributed by atoms with E-state index in [1.165, 1.54) is 5.56 Å². The Hall–Kier alpha value is -3.02. The molecule has 30 heavy (non-hydrogen) atoms. The summed E-state index contributed by atoms with van der Waals surface area (Å²) in [4.78, 5) is 25.8. The molecule has 0 atom stereocenters. The number of rotatable bonds is 5. The van der Waals surface area contributed by atoms with E-state index >= 15 is 0 Å². The second-order valence-electron chi connectivity index (χ2n) is 9.00. The molecule has 0 radical (unpaired) electrons. The Morgan fingerprint density at radius 2 is 1.90 bits per heavy atom. The van der Waals surface area contributed by atoms with Gasteiger partial charge in [-0.15, -0.1) is 0 Å². The van der Waals surface area contributed by atoms with Crippen LogP contribution < -0.4 is 10.9 Å². The zero-order valence-electron chi connectivity index (χ0n) is 18.7. The van der Waals surface area contributed by atoms with Crippen molar-refractivity contribution in [1.82, 2.24) is 9.13 Å². The van der Waals surface area contributed by atoms with Crippen molar-refractivity contribution in [2.24, 2.45) is 5.92 Å². The molecule has 0 amide bonds. The van der Waals surface area contributed by atoms with Crippen LogP contribution in [0.25, 0.3) is 10.9 Å². The van der Waals surface area contributed by atoms with E-state index in [1.54, 1.807) is 28.4 Å². The van der Waals surface area contributed by atoms with Crippen LogP contribution in [0.1, 0.15) is 45.9 Å². The molecule has 2 heterocycles. The number of hydrogen-bond donors (Lipinski definition) is 1. The van der Waals surface area contributed by atoms with Crippen LogP contribution in [0.3, 0.4) is 0 Å². The minimum absolute atomic E-state index is 0.136. The number of pyridine rings is 1. The fraction of sp³-hybridized carbons (Fsp3) is 0.417. The van der Waals surface area contributed by atoms with Gasteiger partial charge in [-0.05, 0) is 62.9 Å². The third-order valence-corrected chi connectivity index (χ3v) is 4.84. The molecule has 3 rings (SSSR count). The van der Waals surface area contributed by atoms with Gasteiger partial charge in [0, 0.05) is 18.6 Å². The summed E-state index contributed by atoms with van der Waals surface area (Å²) in [6, 6.07) is 11.6. The first kappa shape index (κ1) is 21.7. The summed E-state index contributed by atoms with van der Waals surface area (Å²) >= 11 is 0. The van der Waals surface area contributed by atoms with Crippen LogP contribution in [0.2, 0.25) is 0 Å². The first-order chi connectivity index (χ1) is 14.1. The van der Waals surface area contributed by atoms with Crippen LogP contribution in [0, 0.1) is 5.92 Å². The molecule has 0 aliphatic heterocycles. The molecule has 1 aromatic carbocycles. The maximum absolute atomic E-state index is 13.1. The van der Waals surface area contributed by atoms with Crippen LogP contribution in [0.4, 0.5) is 10.5 Å². The zero-order chi connectivity index (χ0) is 22.1. The predicted octanol–water partition coefficient (Wildman–Crippen LogP) is 4.87. The van der Waals surface area contributed by atoms with E-state index in [1.807, 2.05) is 45.0 Å². The normalized spacial score (nSPS) is 11.8. The molecule has 0 saturated carbocycles. The first-order valence-electron chi connectivity index (χ1n) is 10.3. The second-order valence-corrected chi connectivity index (χ2v) is 9.00. The number of aromatic nitrogens is 2. The molecule has 0 bridgehead atoms. The van der Waals surface area contributed by atoms with Gasteiger partial charge in [0.25, 0.3) is 5.56 Å². The third kappa shape index (κ3) is 4.58. The lowest BCUT2D eigenvalue weighted by molar-refractivity contribution is 0.0540. The van der Waals surface area contributed by atoms with Gasteiger partial charge in [0.2, 0.25) is 0 Å². The lowest BCUT2D eigenvalue weighted by Gasteiger charge is -2.21. The summed E-state index contributed by atoms with van der Waals surface area (Å²) in [7, 11) is 1.72. The highest BCUT2D eigenvalue weighted by Crippen LogP contribution is 2.27. The van der Waals surface area contributed by atoms with Crippen molar-refractivity contribution in [1.29, 1.82) is 0 Å². The highest BCUT2D eigenvalue weighted by molar-refractivity contribution is 5.93. The van der Waals surface area contributed by atoms with Gasteiger partial charge in [-0.25, -0.2) is 9.36 Å². The van der Waals surface area contributed by atoms with Crippen molar-refractivity contribution in [2.45, 2.75) is 53.2 Å². The van der Waals surface area contributed by atoms with E-state index < -0.39 is 11.7 Å². The SMILES string of the molecule is CNc1cccn(Cc2cc3c(CC(C)C)cccc3n2C(=O)OC(C)(C)C)c1=O. The monoisotopic (exact) mass is 409 g/mol. The number of hydrogen-bond acceptors (Lipinski definition) is 4. The number of nitrogens with zero attached hydrogens (tertiary/aromatic N) is 2. The van der Waals surface area contributed by atoms with E-state index in [9.17, 15) is 9.59 Å². The standard InChI is InChI=1S/C24H31N3O3/c1-16(2)13-17-9-7-11-21-19(17)14-18(27(21)23(29)30-24(3,4)5)15-26-12-8-10-20(25-6)22(26)28/h7-12,14,16,25H,13,15H2,1-6H3. The number of nitrogens with one attached hydrogen (secondary N) is 1. The first-order valence-corrected chi connectivity index (χ1v) is 10.3. The maximum Gasteiger partial charge on any atom is 0.419 e. The van der Waals surface area contributed by atoms with E-state index in [4.69, 9.17) is 4.74 Å².